The van der Waals surface area contributed by atoms with Crippen molar-refractivity contribution in [1.29, 1.82) is 0 Å². The molecular weight excluding hydrogens is 238 g/mol. The van der Waals surface area contributed by atoms with E-state index in [2.05, 4.69) is 5.32 Å². The minimum atomic E-state index is -0.0619. The second-order valence-corrected chi connectivity index (χ2v) is 4.39. The van der Waals surface area contributed by atoms with Crippen LogP contribution in [-0.2, 0) is 11.2 Å². The van der Waals surface area contributed by atoms with Crippen LogP contribution in [-0.4, -0.2) is 12.2 Å². The van der Waals surface area contributed by atoms with E-state index in [4.69, 9.17) is 0 Å². The molecular formula is C16H15NO2. The Kier molecular flexibility index (Phi) is 4.08. The molecule has 0 bridgehead atoms. The first kappa shape index (κ1) is 13.0. The summed E-state index contributed by atoms with van der Waals surface area (Å²) >= 11 is 0. The van der Waals surface area contributed by atoms with Crippen LogP contribution in [0.25, 0.3) is 0 Å². The number of aldehydes is 1. The molecule has 0 fully saturated rings. The van der Waals surface area contributed by atoms with Gasteiger partial charge in [-0.15, -0.1) is 0 Å². The van der Waals surface area contributed by atoms with Gasteiger partial charge in [0.05, 0.1) is 6.42 Å². The summed E-state index contributed by atoms with van der Waals surface area (Å²) in [4.78, 5) is 22.4. The molecule has 0 saturated heterocycles. The monoisotopic (exact) mass is 253 g/mol. The van der Waals surface area contributed by atoms with Crippen molar-refractivity contribution in [2.45, 2.75) is 13.3 Å². The number of anilines is 1. The molecule has 96 valence electrons. The molecule has 2 rings (SSSR count). The summed E-state index contributed by atoms with van der Waals surface area (Å²) in [5.41, 5.74) is 3.42. The average molecular weight is 253 g/mol. The highest BCUT2D eigenvalue weighted by molar-refractivity contribution is 5.92. The van der Waals surface area contributed by atoms with Gasteiger partial charge in [-0.1, -0.05) is 24.3 Å². The van der Waals surface area contributed by atoms with E-state index in [9.17, 15) is 9.59 Å². The van der Waals surface area contributed by atoms with Gasteiger partial charge in [-0.05, 0) is 42.3 Å². The summed E-state index contributed by atoms with van der Waals surface area (Å²) in [6, 6.07) is 14.6. The fourth-order valence-electron chi connectivity index (χ4n) is 1.83. The number of rotatable bonds is 4. The lowest BCUT2D eigenvalue weighted by Crippen LogP contribution is -2.14. The van der Waals surface area contributed by atoms with E-state index in [0.29, 0.717) is 17.7 Å². The lowest BCUT2D eigenvalue weighted by molar-refractivity contribution is -0.115. The van der Waals surface area contributed by atoms with Crippen molar-refractivity contribution in [3.8, 4) is 0 Å². The number of aryl methyl sites for hydroxylation is 1. The van der Waals surface area contributed by atoms with Gasteiger partial charge in [-0.25, -0.2) is 0 Å². The molecule has 0 aliphatic heterocycles. The van der Waals surface area contributed by atoms with Gasteiger partial charge in [0.1, 0.15) is 6.29 Å². The van der Waals surface area contributed by atoms with Gasteiger partial charge in [-0.3, -0.25) is 9.59 Å². The quantitative estimate of drug-likeness (QED) is 0.851. The van der Waals surface area contributed by atoms with Crippen molar-refractivity contribution in [3.05, 3.63) is 65.2 Å². The molecule has 0 aliphatic carbocycles. The van der Waals surface area contributed by atoms with Crippen molar-refractivity contribution < 1.29 is 9.59 Å². The van der Waals surface area contributed by atoms with Crippen LogP contribution in [0.4, 0.5) is 5.69 Å². The number of hydrogen-bond donors (Lipinski definition) is 1. The van der Waals surface area contributed by atoms with Crippen LogP contribution in [0.5, 0.6) is 0 Å². The maximum atomic E-state index is 11.9. The summed E-state index contributed by atoms with van der Waals surface area (Å²) in [5.74, 6) is -0.0619. The Balaban J connectivity index is 2.01. The Labute approximate surface area is 112 Å². The smallest absolute Gasteiger partial charge is 0.228 e. The molecule has 0 radical (unpaired) electrons. The van der Waals surface area contributed by atoms with E-state index in [1.165, 1.54) is 0 Å². The summed E-state index contributed by atoms with van der Waals surface area (Å²) in [6.07, 6.45) is 1.13. The number of carbonyl (C=O) groups excluding carboxylic acids is 2. The predicted octanol–water partition coefficient (Wildman–Crippen LogP) is 2.99. The van der Waals surface area contributed by atoms with Gasteiger partial charge in [0.25, 0.3) is 0 Å². The maximum Gasteiger partial charge on any atom is 0.228 e. The third kappa shape index (κ3) is 3.52. The molecule has 1 N–H and O–H groups in total. The maximum absolute atomic E-state index is 11.9. The van der Waals surface area contributed by atoms with Crippen LogP contribution < -0.4 is 5.32 Å². The van der Waals surface area contributed by atoms with Crippen LogP contribution in [0.15, 0.2) is 48.5 Å². The van der Waals surface area contributed by atoms with E-state index in [1.807, 2.05) is 31.2 Å². The van der Waals surface area contributed by atoms with Gasteiger partial charge in [-0.2, -0.15) is 0 Å². The van der Waals surface area contributed by atoms with Crippen LogP contribution in [0.2, 0.25) is 0 Å². The summed E-state index contributed by atoms with van der Waals surface area (Å²) in [7, 11) is 0. The normalized spacial score (nSPS) is 9.95. The molecule has 1 amide bonds. The Hall–Kier alpha value is -2.42. The van der Waals surface area contributed by atoms with Crippen molar-refractivity contribution in [1.82, 2.24) is 0 Å². The molecule has 3 nitrogen and oxygen atoms in total. The Bertz CT molecular complexity index is 588. The molecule has 0 aromatic heterocycles. The number of amides is 1. The minimum absolute atomic E-state index is 0.0619. The topological polar surface area (TPSA) is 46.2 Å². The van der Waals surface area contributed by atoms with Crippen molar-refractivity contribution in [2.75, 3.05) is 5.32 Å². The molecule has 0 unspecified atom stereocenters. The Morgan fingerprint density at radius 3 is 2.42 bits per heavy atom. The first-order valence-corrected chi connectivity index (χ1v) is 6.08. The second kappa shape index (κ2) is 5.96. The van der Waals surface area contributed by atoms with E-state index in [0.717, 1.165) is 17.4 Å². The van der Waals surface area contributed by atoms with Gasteiger partial charge in [0.15, 0.2) is 0 Å². The van der Waals surface area contributed by atoms with Crippen molar-refractivity contribution in [2.24, 2.45) is 0 Å². The molecule has 2 aromatic carbocycles. The van der Waals surface area contributed by atoms with Crippen LogP contribution in [0.1, 0.15) is 21.5 Å². The highest BCUT2D eigenvalue weighted by atomic mass is 16.1. The largest absolute Gasteiger partial charge is 0.326 e. The van der Waals surface area contributed by atoms with Crippen LogP contribution in [0.3, 0.4) is 0 Å². The van der Waals surface area contributed by atoms with E-state index < -0.39 is 0 Å². The van der Waals surface area contributed by atoms with Gasteiger partial charge in [0.2, 0.25) is 5.91 Å². The Morgan fingerprint density at radius 1 is 1.11 bits per heavy atom. The molecule has 0 aliphatic rings. The number of nitrogens with one attached hydrogen (secondary N) is 1. The second-order valence-electron chi connectivity index (χ2n) is 4.39. The SMILES string of the molecule is Cc1ccccc1CC(=O)Nc1ccc(C=O)cc1. The Morgan fingerprint density at radius 2 is 1.79 bits per heavy atom. The number of carbonyl (C=O) groups is 2. The van der Waals surface area contributed by atoms with Crippen LogP contribution in [0, 0.1) is 6.92 Å². The standard InChI is InChI=1S/C16H15NO2/c1-12-4-2-3-5-14(12)10-16(19)17-15-8-6-13(11-18)7-9-15/h2-9,11H,10H2,1H3,(H,17,19). The highest BCUT2D eigenvalue weighted by Gasteiger charge is 2.05. The zero-order valence-electron chi connectivity index (χ0n) is 10.7. The van der Waals surface area contributed by atoms with E-state index in [1.54, 1.807) is 24.3 Å². The molecule has 19 heavy (non-hydrogen) atoms. The molecule has 0 saturated carbocycles. The van der Waals surface area contributed by atoms with E-state index in [-0.39, 0.29) is 5.91 Å². The molecule has 0 heterocycles. The lowest BCUT2D eigenvalue weighted by atomic mass is 10.1. The fraction of sp³-hybridized carbons (Fsp3) is 0.125. The van der Waals surface area contributed by atoms with Gasteiger partial charge < -0.3 is 5.32 Å². The molecule has 2 aromatic rings. The van der Waals surface area contributed by atoms with Gasteiger partial charge in [0, 0.05) is 11.3 Å². The fourth-order valence-corrected chi connectivity index (χ4v) is 1.83. The first-order chi connectivity index (χ1) is 9.19. The average Bonchev–Trinajstić information content (AvgIpc) is 2.42. The van der Waals surface area contributed by atoms with Crippen molar-refractivity contribution >= 4 is 17.9 Å². The number of benzene rings is 2. The summed E-state index contributed by atoms with van der Waals surface area (Å²) < 4.78 is 0. The highest BCUT2D eigenvalue weighted by Crippen LogP contribution is 2.11. The zero-order valence-corrected chi connectivity index (χ0v) is 10.7. The summed E-state index contributed by atoms with van der Waals surface area (Å²) in [5, 5.41) is 2.81. The molecule has 0 spiro atoms. The van der Waals surface area contributed by atoms with Crippen molar-refractivity contribution in [3.63, 3.8) is 0 Å². The molecule has 0 atom stereocenters. The third-order valence-corrected chi connectivity index (χ3v) is 2.94. The minimum Gasteiger partial charge on any atom is -0.326 e. The predicted molar refractivity (Wildman–Crippen MR) is 75.3 cm³/mol. The van der Waals surface area contributed by atoms with E-state index >= 15 is 0 Å². The lowest BCUT2D eigenvalue weighted by Gasteiger charge is -2.07. The van der Waals surface area contributed by atoms with Crippen LogP contribution >= 0.6 is 0 Å². The summed E-state index contributed by atoms with van der Waals surface area (Å²) in [6.45, 7) is 1.99. The zero-order chi connectivity index (χ0) is 13.7. The third-order valence-electron chi connectivity index (χ3n) is 2.94. The van der Waals surface area contributed by atoms with Gasteiger partial charge >= 0.3 is 0 Å². The number of hydrogen-bond acceptors (Lipinski definition) is 2. The molecule has 3 heteroatoms. The first-order valence-electron chi connectivity index (χ1n) is 6.08.